The van der Waals surface area contributed by atoms with Gasteiger partial charge in [-0.3, -0.25) is 14.6 Å². The van der Waals surface area contributed by atoms with Gasteiger partial charge in [0.15, 0.2) is 0 Å². The van der Waals surface area contributed by atoms with Crippen LogP contribution in [-0.4, -0.2) is 58.8 Å². The van der Waals surface area contributed by atoms with Crippen molar-refractivity contribution in [2.24, 2.45) is 0 Å². The van der Waals surface area contributed by atoms with Crippen LogP contribution in [0.3, 0.4) is 0 Å². The number of benzene rings is 1. The van der Waals surface area contributed by atoms with E-state index in [-0.39, 0.29) is 11.3 Å². The van der Waals surface area contributed by atoms with Crippen LogP contribution in [0.5, 0.6) is 0 Å². The van der Waals surface area contributed by atoms with Crippen molar-refractivity contribution in [3.63, 3.8) is 0 Å². The van der Waals surface area contributed by atoms with Crippen LogP contribution < -0.4 is 0 Å². The number of Topliss-reactive ketones (excluding diaryl/α,β-unsaturated/α-hetero) is 1. The number of nitrogens with zero attached hydrogens (tertiary/aromatic N) is 3. The number of rotatable bonds is 5. The molecule has 1 aliphatic rings. The minimum Gasteiger partial charge on any atom is -0.507 e. The summed E-state index contributed by atoms with van der Waals surface area (Å²) in [4.78, 5) is 32.8. The van der Waals surface area contributed by atoms with Crippen LogP contribution in [0.4, 0.5) is 0 Å². The topological polar surface area (TPSA) is 73.7 Å². The normalized spacial score (nSPS) is 19.3. The van der Waals surface area contributed by atoms with Crippen LogP contribution in [0.25, 0.3) is 5.76 Å². The molecule has 2 heterocycles. The summed E-state index contributed by atoms with van der Waals surface area (Å²) >= 11 is 0. The van der Waals surface area contributed by atoms with Crippen molar-refractivity contribution >= 4 is 17.4 Å². The lowest BCUT2D eigenvalue weighted by molar-refractivity contribution is -0.140. The molecule has 0 radical (unpaired) electrons. The molecule has 6 nitrogen and oxygen atoms in total. The molecular formula is C20H21N3O3. The molecule has 0 saturated carbocycles. The third-order valence-corrected chi connectivity index (χ3v) is 4.40. The molecule has 3 rings (SSSR count). The lowest BCUT2D eigenvalue weighted by atomic mass is 9.95. The van der Waals surface area contributed by atoms with Crippen molar-refractivity contribution in [1.29, 1.82) is 0 Å². The standard InChI is InChI=1S/C20H21N3O3/c1-22(2)12-13-23-17(14-6-4-3-5-7-14)16(19(25)20(23)26)18(24)15-8-10-21-11-9-15/h3-11,17,24H,12-13H2,1-2H3/b18-16-. The second-order valence-corrected chi connectivity index (χ2v) is 6.44. The summed E-state index contributed by atoms with van der Waals surface area (Å²) in [6.07, 6.45) is 3.07. The van der Waals surface area contributed by atoms with Crippen molar-refractivity contribution in [1.82, 2.24) is 14.8 Å². The van der Waals surface area contributed by atoms with Crippen LogP contribution in [-0.2, 0) is 9.59 Å². The Hall–Kier alpha value is -2.99. The van der Waals surface area contributed by atoms with Crippen molar-refractivity contribution in [3.05, 3.63) is 71.6 Å². The largest absolute Gasteiger partial charge is 0.507 e. The fraction of sp³-hybridized carbons (Fsp3) is 0.250. The number of likely N-dealkylation sites (N-methyl/N-ethyl adjacent to an activating group) is 1. The molecule has 0 bridgehead atoms. The fourth-order valence-electron chi connectivity index (χ4n) is 3.07. The molecule has 1 saturated heterocycles. The maximum absolute atomic E-state index is 12.7. The molecule has 1 aliphatic heterocycles. The van der Waals surface area contributed by atoms with Gasteiger partial charge in [-0.25, -0.2) is 0 Å². The first-order valence-corrected chi connectivity index (χ1v) is 8.39. The Morgan fingerprint density at radius 3 is 2.38 bits per heavy atom. The molecule has 2 aromatic rings. The summed E-state index contributed by atoms with van der Waals surface area (Å²) in [7, 11) is 3.82. The Morgan fingerprint density at radius 1 is 1.12 bits per heavy atom. The second kappa shape index (κ2) is 7.49. The smallest absolute Gasteiger partial charge is 0.295 e. The molecule has 1 atom stereocenters. The molecule has 1 unspecified atom stereocenters. The zero-order valence-electron chi connectivity index (χ0n) is 14.8. The number of aliphatic hydroxyl groups is 1. The minimum atomic E-state index is -0.660. The molecule has 1 N–H and O–H groups in total. The van der Waals surface area contributed by atoms with E-state index in [4.69, 9.17) is 0 Å². The number of carbonyl (C=O) groups is 2. The number of aromatic nitrogens is 1. The van der Waals surface area contributed by atoms with Crippen molar-refractivity contribution in [3.8, 4) is 0 Å². The Morgan fingerprint density at radius 2 is 1.77 bits per heavy atom. The van der Waals surface area contributed by atoms with Gasteiger partial charge in [0.2, 0.25) is 0 Å². The minimum absolute atomic E-state index is 0.117. The Labute approximate surface area is 152 Å². The summed E-state index contributed by atoms with van der Waals surface area (Å²) < 4.78 is 0. The predicted molar refractivity (Wildman–Crippen MR) is 98.2 cm³/mol. The van der Waals surface area contributed by atoms with Crippen LogP contribution in [0.15, 0.2) is 60.4 Å². The number of pyridine rings is 1. The highest BCUT2D eigenvalue weighted by molar-refractivity contribution is 6.46. The molecule has 1 amide bonds. The molecular weight excluding hydrogens is 330 g/mol. The quantitative estimate of drug-likeness (QED) is 0.507. The number of ketones is 1. The van der Waals surface area contributed by atoms with Gasteiger partial charge in [-0.1, -0.05) is 30.3 Å². The van der Waals surface area contributed by atoms with Crippen molar-refractivity contribution < 1.29 is 14.7 Å². The van der Waals surface area contributed by atoms with E-state index in [1.807, 2.05) is 49.3 Å². The molecule has 6 heteroatoms. The Bertz CT molecular complexity index is 832. The van der Waals surface area contributed by atoms with Crippen LogP contribution in [0.2, 0.25) is 0 Å². The van der Waals surface area contributed by atoms with E-state index >= 15 is 0 Å². The summed E-state index contributed by atoms with van der Waals surface area (Å²) in [6.45, 7) is 1.01. The third-order valence-electron chi connectivity index (χ3n) is 4.40. The first kappa shape index (κ1) is 17.8. The molecule has 0 spiro atoms. The Balaban J connectivity index is 2.12. The van der Waals surface area contributed by atoms with Gasteiger partial charge in [-0.15, -0.1) is 0 Å². The number of carbonyl (C=O) groups excluding carboxylic acids is 2. The number of hydrogen-bond acceptors (Lipinski definition) is 5. The zero-order valence-corrected chi connectivity index (χ0v) is 14.8. The fourth-order valence-corrected chi connectivity index (χ4v) is 3.07. The molecule has 1 aromatic carbocycles. The van der Waals surface area contributed by atoms with Crippen molar-refractivity contribution in [2.45, 2.75) is 6.04 Å². The molecule has 134 valence electrons. The Kier molecular flexibility index (Phi) is 5.14. The second-order valence-electron chi connectivity index (χ2n) is 6.44. The first-order chi connectivity index (χ1) is 12.5. The SMILES string of the molecule is CN(C)CCN1C(=O)C(=O)/C(=C(\O)c2ccncc2)C1c1ccccc1. The van der Waals surface area contributed by atoms with Gasteiger partial charge in [-0.05, 0) is 31.8 Å². The van der Waals surface area contributed by atoms with Gasteiger partial charge < -0.3 is 14.9 Å². The molecule has 1 aromatic heterocycles. The maximum atomic E-state index is 12.7. The van der Waals surface area contributed by atoms with E-state index in [1.54, 1.807) is 12.1 Å². The van der Waals surface area contributed by atoms with E-state index in [0.29, 0.717) is 18.7 Å². The van der Waals surface area contributed by atoms with E-state index in [2.05, 4.69) is 4.98 Å². The lowest BCUT2D eigenvalue weighted by Gasteiger charge is -2.26. The molecule has 1 fully saturated rings. The lowest BCUT2D eigenvalue weighted by Crippen LogP contribution is -2.35. The molecule has 0 aliphatic carbocycles. The van der Waals surface area contributed by atoms with Crippen LogP contribution in [0, 0.1) is 0 Å². The first-order valence-electron chi connectivity index (χ1n) is 8.39. The zero-order chi connectivity index (χ0) is 18.7. The van der Waals surface area contributed by atoms with Gasteiger partial charge in [0, 0.05) is 31.0 Å². The third kappa shape index (κ3) is 3.36. The van der Waals surface area contributed by atoms with E-state index < -0.39 is 17.7 Å². The van der Waals surface area contributed by atoms with Crippen molar-refractivity contribution in [2.75, 3.05) is 27.2 Å². The van der Waals surface area contributed by atoms with E-state index in [1.165, 1.54) is 17.3 Å². The summed E-state index contributed by atoms with van der Waals surface area (Å²) in [5.74, 6) is -1.42. The van der Waals surface area contributed by atoms with E-state index in [0.717, 1.165) is 5.56 Å². The number of amides is 1. The van der Waals surface area contributed by atoms with Crippen LogP contribution in [0.1, 0.15) is 17.2 Å². The highest BCUT2D eigenvalue weighted by Crippen LogP contribution is 2.38. The van der Waals surface area contributed by atoms with Gasteiger partial charge in [0.1, 0.15) is 5.76 Å². The van der Waals surface area contributed by atoms with E-state index in [9.17, 15) is 14.7 Å². The summed E-state index contributed by atoms with van der Waals surface area (Å²) in [6, 6.07) is 11.9. The number of aliphatic hydroxyl groups excluding tert-OH is 1. The monoisotopic (exact) mass is 351 g/mol. The molecule has 26 heavy (non-hydrogen) atoms. The predicted octanol–water partition coefficient (Wildman–Crippen LogP) is 2.06. The average Bonchev–Trinajstić information content (AvgIpc) is 2.91. The highest BCUT2D eigenvalue weighted by Gasteiger charge is 2.45. The van der Waals surface area contributed by atoms with Crippen LogP contribution >= 0.6 is 0 Å². The highest BCUT2D eigenvalue weighted by atomic mass is 16.3. The maximum Gasteiger partial charge on any atom is 0.295 e. The number of hydrogen-bond donors (Lipinski definition) is 1. The summed E-state index contributed by atoms with van der Waals surface area (Å²) in [5.41, 5.74) is 1.37. The number of likely N-dealkylation sites (tertiary alicyclic amines) is 1. The summed E-state index contributed by atoms with van der Waals surface area (Å²) in [5, 5.41) is 10.8. The van der Waals surface area contributed by atoms with Gasteiger partial charge in [0.05, 0.1) is 11.6 Å². The van der Waals surface area contributed by atoms with Gasteiger partial charge in [-0.2, -0.15) is 0 Å². The van der Waals surface area contributed by atoms with Gasteiger partial charge >= 0.3 is 0 Å². The van der Waals surface area contributed by atoms with Gasteiger partial charge in [0.25, 0.3) is 11.7 Å². The average molecular weight is 351 g/mol.